The van der Waals surface area contributed by atoms with Crippen molar-refractivity contribution in [1.82, 2.24) is 4.57 Å². The maximum absolute atomic E-state index is 5.96. The van der Waals surface area contributed by atoms with Crippen LogP contribution < -0.4 is 11.5 Å². The van der Waals surface area contributed by atoms with Gasteiger partial charge in [0, 0.05) is 17.8 Å². The largest absolute Gasteiger partial charge is 0.369 e. The van der Waals surface area contributed by atoms with Crippen LogP contribution in [0.1, 0.15) is 11.3 Å². The Hall–Kier alpha value is -2.27. The van der Waals surface area contributed by atoms with Gasteiger partial charge in [-0.2, -0.15) is 5.10 Å². The van der Waals surface area contributed by atoms with Crippen LogP contribution in [0.3, 0.4) is 0 Å². The van der Waals surface area contributed by atoms with Crippen LogP contribution >= 0.6 is 11.6 Å². The van der Waals surface area contributed by atoms with Crippen molar-refractivity contribution in [2.24, 2.45) is 21.7 Å². The molecule has 5 nitrogen and oxygen atoms in total. The van der Waals surface area contributed by atoms with E-state index >= 15 is 0 Å². The second kappa shape index (κ2) is 6.06. The number of nitrogens with zero attached hydrogens (tertiary/aromatic N) is 3. The van der Waals surface area contributed by atoms with Gasteiger partial charge in [-0.3, -0.25) is 0 Å². The molecule has 0 aliphatic heterocycles. The normalized spacial score (nSPS) is 10.8. The predicted molar refractivity (Wildman–Crippen MR) is 78.4 cm³/mol. The van der Waals surface area contributed by atoms with Crippen molar-refractivity contribution in [1.29, 1.82) is 0 Å². The van der Waals surface area contributed by atoms with E-state index in [2.05, 4.69) is 10.2 Å². The molecule has 1 aromatic heterocycles. The average Bonchev–Trinajstić information content (AvgIpc) is 2.76. The molecule has 0 radical (unpaired) electrons. The Morgan fingerprint density at radius 2 is 2.11 bits per heavy atom. The third-order valence-electron chi connectivity index (χ3n) is 2.47. The fourth-order valence-electron chi connectivity index (χ4n) is 1.68. The van der Waals surface area contributed by atoms with E-state index < -0.39 is 0 Å². The molecule has 0 amide bonds. The molecular formula is C13H14ClN5. The Morgan fingerprint density at radius 3 is 2.84 bits per heavy atom. The summed E-state index contributed by atoms with van der Waals surface area (Å²) >= 11 is 5.96. The van der Waals surface area contributed by atoms with Crippen molar-refractivity contribution in [3.63, 3.8) is 0 Å². The predicted octanol–water partition coefficient (Wildman–Crippen LogP) is 1.80. The first-order chi connectivity index (χ1) is 9.15. The number of hydrogen-bond donors (Lipinski definition) is 2. The molecule has 0 saturated carbocycles. The lowest BCUT2D eigenvalue weighted by atomic mass is 10.2. The molecule has 0 fully saturated rings. The van der Waals surface area contributed by atoms with Gasteiger partial charge in [0.1, 0.15) is 0 Å². The molecule has 98 valence electrons. The summed E-state index contributed by atoms with van der Waals surface area (Å²) in [6, 6.07) is 11.6. The van der Waals surface area contributed by atoms with Crippen LogP contribution in [0.15, 0.2) is 52.8 Å². The minimum atomic E-state index is -0.0656. The van der Waals surface area contributed by atoms with Crippen LogP contribution in [0.25, 0.3) is 0 Å². The quantitative estimate of drug-likeness (QED) is 0.507. The van der Waals surface area contributed by atoms with Gasteiger partial charge in [0.2, 0.25) is 5.96 Å². The van der Waals surface area contributed by atoms with Crippen molar-refractivity contribution >= 4 is 23.8 Å². The van der Waals surface area contributed by atoms with E-state index in [1.165, 1.54) is 0 Å². The highest BCUT2D eigenvalue weighted by Crippen LogP contribution is 2.13. The van der Waals surface area contributed by atoms with Crippen molar-refractivity contribution in [3.8, 4) is 0 Å². The molecule has 1 aromatic carbocycles. The zero-order valence-corrected chi connectivity index (χ0v) is 11.0. The standard InChI is InChI=1S/C13H14ClN5/c14-11-4-1-3-10(7-11)9-19-6-2-5-12(19)8-17-18-13(15)16/h1-8H,9H2,(H4,15,16,18)/b17-8+. The topological polar surface area (TPSA) is 81.7 Å². The second-order valence-corrected chi connectivity index (χ2v) is 4.40. The van der Waals surface area contributed by atoms with Crippen LogP contribution in [0.5, 0.6) is 0 Å². The number of rotatable bonds is 4. The van der Waals surface area contributed by atoms with E-state index in [1.54, 1.807) is 6.21 Å². The summed E-state index contributed by atoms with van der Waals surface area (Å²) < 4.78 is 2.03. The van der Waals surface area contributed by atoms with E-state index in [4.69, 9.17) is 23.1 Å². The van der Waals surface area contributed by atoms with Crippen molar-refractivity contribution < 1.29 is 0 Å². The average molecular weight is 276 g/mol. The summed E-state index contributed by atoms with van der Waals surface area (Å²) in [5.74, 6) is -0.0656. The Kier molecular flexibility index (Phi) is 4.20. The van der Waals surface area contributed by atoms with E-state index in [-0.39, 0.29) is 5.96 Å². The molecule has 0 atom stereocenters. The van der Waals surface area contributed by atoms with Crippen molar-refractivity contribution in [2.75, 3.05) is 0 Å². The molecular weight excluding hydrogens is 262 g/mol. The fourth-order valence-corrected chi connectivity index (χ4v) is 1.89. The SMILES string of the molecule is NC(N)=N/N=C/c1cccn1Cc1cccc(Cl)c1. The Morgan fingerprint density at radius 1 is 1.26 bits per heavy atom. The Bertz CT molecular complexity index is 611. The lowest BCUT2D eigenvalue weighted by molar-refractivity contribution is 0.800. The lowest BCUT2D eigenvalue weighted by Gasteiger charge is -2.06. The Labute approximate surface area is 116 Å². The second-order valence-electron chi connectivity index (χ2n) is 3.96. The summed E-state index contributed by atoms with van der Waals surface area (Å²) in [5, 5.41) is 8.09. The first-order valence-corrected chi connectivity index (χ1v) is 6.04. The summed E-state index contributed by atoms with van der Waals surface area (Å²) in [4.78, 5) is 0. The smallest absolute Gasteiger partial charge is 0.211 e. The highest BCUT2D eigenvalue weighted by atomic mass is 35.5. The van der Waals surface area contributed by atoms with Gasteiger partial charge in [0.15, 0.2) is 0 Å². The minimum Gasteiger partial charge on any atom is -0.369 e. The number of hydrogen-bond acceptors (Lipinski definition) is 2. The molecule has 0 aliphatic rings. The van der Waals surface area contributed by atoms with E-state index in [9.17, 15) is 0 Å². The monoisotopic (exact) mass is 275 g/mol. The van der Waals surface area contributed by atoms with Gasteiger partial charge in [0.05, 0.1) is 11.9 Å². The first-order valence-electron chi connectivity index (χ1n) is 5.67. The van der Waals surface area contributed by atoms with Crippen LogP contribution in [-0.2, 0) is 6.54 Å². The molecule has 4 N–H and O–H groups in total. The van der Waals surface area contributed by atoms with Crippen molar-refractivity contribution in [2.45, 2.75) is 6.54 Å². The van der Waals surface area contributed by atoms with Crippen molar-refractivity contribution in [3.05, 3.63) is 58.9 Å². The number of benzene rings is 1. The minimum absolute atomic E-state index is 0.0656. The summed E-state index contributed by atoms with van der Waals surface area (Å²) in [6.45, 7) is 0.705. The van der Waals surface area contributed by atoms with Crippen LogP contribution in [0.2, 0.25) is 5.02 Å². The first kappa shape index (κ1) is 13.2. The zero-order chi connectivity index (χ0) is 13.7. The molecule has 19 heavy (non-hydrogen) atoms. The van der Waals surface area contributed by atoms with E-state index in [1.807, 2.05) is 47.2 Å². The molecule has 0 aliphatic carbocycles. The Balaban J connectivity index is 2.16. The molecule has 1 heterocycles. The number of halogens is 1. The van der Waals surface area contributed by atoms with Crippen LogP contribution in [0.4, 0.5) is 0 Å². The van der Waals surface area contributed by atoms with Gasteiger partial charge in [-0.25, -0.2) is 0 Å². The lowest BCUT2D eigenvalue weighted by Crippen LogP contribution is -2.21. The maximum Gasteiger partial charge on any atom is 0.211 e. The number of guanidine groups is 1. The van der Waals surface area contributed by atoms with Gasteiger partial charge < -0.3 is 16.0 Å². The van der Waals surface area contributed by atoms with Gasteiger partial charge >= 0.3 is 0 Å². The van der Waals surface area contributed by atoms with Crippen LogP contribution in [0, 0.1) is 0 Å². The molecule has 2 rings (SSSR count). The molecule has 0 unspecified atom stereocenters. The van der Waals surface area contributed by atoms with E-state index in [0.29, 0.717) is 6.54 Å². The van der Waals surface area contributed by atoms with E-state index in [0.717, 1.165) is 16.3 Å². The highest BCUT2D eigenvalue weighted by Gasteiger charge is 2.00. The number of nitrogens with two attached hydrogens (primary N) is 2. The highest BCUT2D eigenvalue weighted by molar-refractivity contribution is 6.30. The summed E-state index contributed by atoms with van der Waals surface area (Å²) in [6.07, 6.45) is 3.56. The zero-order valence-electron chi connectivity index (χ0n) is 10.2. The molecule has 0 bridgehead atoms. The fraction of sp³-hybridized carbons (Fsp3) is 0.0769. The van der Waals surface area contributed by atoms with Gasteiger partial charge in [-0.05, 0) is 29.8 Å². The summed E-state index contributed by atoms with van der Waals surface area (Å²) in [5.41, 5.74) is 12.4. The maximum atomic E-state index is 5.96. The molecule has 0 spiro atoms. The van der Waals surface area contributed by atoms with Crippen LogP contribution in [-0.4, -0.2) is 16.7 Å². The third-order valence-corrected chi connectivity index (χ3v) is 2.70. The van der Waals surface area contributed by atoms with Gasteiger partial charge in [-0.1, -0.05) is 23.7 Å². The van der Waals surface area contributed by atoms with Gasteiger partial charge in [-0.15, -0.1) is 5.10 Å². The summed E-state index contributed by atoms with van der Waals surface area (Å²) in [7, 11) is 0. The third kappa shape index (κ3) is 3.86. The molecule has 2 aromatic rings. The molecule has 0 saturated heterocycles. The number of aromatic nitrogens is 1. The van der Waals surface area contributed by atoms with Gasteiger partial charge in [0.25, 0.3) is 0 Å². The molecule has 6 heteroatoms.